The largest absolute Gasteiger partial charge is 0.462 e. The summed E-state index contributed by atoms with van der Waals surface area (Å²) in [5.41, 5.74) is 9.26. The van der Waals surface area contributed by atoms with Crippen molar-refractivity contribution in [2.24, 2.45) is 13.0 Å². The lowest BCUT2D eigenvalue weighted by Crippen LogP contribution is -2.40. The maximum atomic E-state index is 16.7. The number of likely N-dealkylation sites (tertiary alicyclic amines) is 1. The lowest BCUT2D eigenvalue weighted by Gasteiger charge is -2.43. The van der Waals surface area contributed by atoms with E-state index in [1.165, 1.54) is 0 Å². The van der Waals surface area contributed by atoms with Crippen molar-refractivity contribution in [3.8, 4) is 17.0 Å². The van der Waals surface area contributed by atoms with E-state index < -0.39 is 6.23 Å². The number of aromatic nitrogens is 6. The Morgan fingerprint density at radius 2 is 1.93 bits per heavy atom. The number of allylic oxidation sites excluding steroid dienone is 6. The maximum absolute atomic E-state index is 16.7. The number of imidazole rings is 3. The first-order chi connectivity index (χ1) is 29.5. The quantitative estimate of drug-likeness (QED) is 0.0797. The Hall–Kier alpha value is -6.14. The molecule has 3 atom stereocenters. The highest BCUT2D eigenvalue weighted by Crippen LogP contribution is 2.50. The summed E-state index contributed by atoms with van der Waals surface area (Å²) in [6.45, 7) is 24.0. The summed E-state index contributed by atoms with van der Waals surface area (Å²) in [5, 5.41) is 3.41. The molecule has 8 rings (SSSR count). The molecule has 0 amide bonds. The van der Waals surface area contributed by atoms with Crippen molar-refractivity contribution in [2.45, 2.75) is 84.7 Å². The topological polar surface area (TPSA) is 106 Å². The van der Waals surface area contributed by atoms with Crippen molar-refractivity contribution in [3.05, 3.63) is 144 Å². The van der Waals surface area contributed by atoms with Crippen molar-refractivity contribution >= 4 is 22.3 Å². The van der Waals surface area contributed by atoms with Crippen molar-refractivity contribution in [1.29, 1.82) is 0 Å². The third-order valence-electron chi connectivity index (χ3n) is 12.3. The van der Waals surface area contributed by atoms with Crippen LogP contribution in [0.3, 0.4) is 0 Å². The van der Waals surface area contributed by atoms with E-state index in [2.05, 4.69) is 94.1 Å². The van der Waals surface area contributed by atoms with Gasteiger partial charge in [0.25, 0.3) is 0 Å². The summed E-state index contributed by atoms with van der Waals surface area (Å²) in [6, 6.07) is 11.9. The van der Waals surface area contributed by atoms with Crippen molar-refractivity contribution < 1.29 is 9.13 Å². The number of ether oxygens (including phenoxy) is 1. The Morgan fingerprint density at radius 3 is 2.64 bits per heavy atom. The minimum Gasteiger partial charge on any atom is -0.462 e. The lowest BCUT2D eigenvalue weighted by molar-refractivity contribution is 0.0719. The number of likely N-dealkylation sites (N-methyl/N-ethyl adjacent to an activating group) is 1. The van der Waals surface area contributed by atoms with Gasteiger partial charge in [0.05, 0.1) is 58.7 Å². The van der Waals surface area contributed by atoms with Crippen LogP contribution >= 0.6 is 0 Å². The Morgan fingerprint density at radius 1 is 1.11 bits per heavy atom. The van der Waals surface area contributed by atoms with Gasteiger partial charge in [0.1, 0.15) is 23.2 Å². The van der Waals surface area contributed by atoms with E-state index in [1.807, 2.05) is 62.8 Å². The summed E-state index contributed by atoms with van der Waals surface area (Å²) < 4.78 is 25.7. The number of hydrogen-bond donors (Lipinski definition) is 3. The molecule has 61 heavy (non-hydrogen) atoms. The molecule has 0 bridgehead atoms. The molecule has 3 aliphatic heterocycles. The number of aryl methyl sites for hydroxylation is 1. The molecule has 3 unspecified atom stereocenters. The zero-order valence-corrected chi connectivity index (χ0v) is 36.4. The van der Waals surface area contributed by atoms with Crippen LogP contribution in [0.15, 0.2) is 110 Å². The van der Waals surface area contributed by atoms with Crippen molar-refractivity contribution in [2.75, 3.05) is 20.1 Å². The molecule has 3 N–H and O–H groups in total. The van der Waals surface area contributed by atoms with Crippen LogP contribution < -0.4 is 10.1 Å². The zero-order chi connectivity index (χ0) is 42.9. The fourth-order valence-electron chi connectivity index (χ4n) is 9.04. The number of H-pyrrole nitrogens is 2. The first-order valence-corrected chi connectivity index (χ1v) is 21.6. The second kappa shape index (κ2) is 17.5. The first-order valence-electron chi connectivity index (χ1n) is 21.6. The highest BCUT2D eigenvalue weighted by Gasteiger charge is 2.41. The second-order valence-corrected chi connectivity index (χ2v) is 16.6. The number of para-hydroxylation sites is 2. The Bertz CT molecular complexity index is 2550. The average Bonchev–Trinajstić information content (AvgIpc) is 4.05. The molecule has 318 valence electrons. The van der Waals surface area contributed by atoms with Gasteiger partial charge in [-0.3, -0.25) is 0 Å². The van der Waals surface area contributed by atoms with Crippen molar-refractivity contribution in [1.82, 2.24) is 49.5 Å². The highest BCUT2D eigenvalue weighted by molar-refractivity contribution is 5.80. The molecule has 6 heterocycles. The van der Waals surface area contributed by atoms with Gasteiger partial charge >= 0.3 is 0 Å². The summed E-state index contributed by atoms with van der Waals surface area (Å²) in [4.78, 5) is 28.3. The molecule has 3 aromatic heterocycles. The lowest BCUT2D eigenvalue weighted by atomic mass is 10.0. The molecular weight excluding hydrogens is 764 g/mol. The number of nitrogens with one attached hydrogen (secondary N) is 3. The van der Waals surface area contributed by atoms with Crippen LogP contribution in [0.4, 0.5) is 4.39 Å². The van der Waals surface area contributed by atoms with Gasteiger partial charge < -0.3 is 39.3 Å². The molecule has 1 fully saturated rings. The van der Waals surface area contributed by atoms with Crippen LogP contribution in [0.25, 0.3) is 33.6 Å². The van der Waals surface area contributed by atoms with Crippen LogP contribution in [0.1, 0.15) is 101 Å². The smallest absolute Gasteiger partial charge is 0.235 e. The molecule has 0 radical (unpaired) electrons. The van der Waals surface area contributed by atoms with Crippen LogP contribution in [0, 0.1) is 11.7 Å². The van der Waals surface area contributed by atoms with Crippen LogP contribution in [0.5, 0.6) is 5.75 Å². The first kappa shape index (κ1) is 41.6. The molecule has 0 spiro atoms. The van der Waals surface area contributed by atoms with Gasteiger partial charge in [0.15, 0.2) is 5.82 Å². The van der Waals surface area contributed by atoms with Gasteiger partial charge in [0.2, 0.25) is 6.23 Å². The van der Waals surface area contributed by atoms with Crippen molar-refractivity contribution in [3.63, 3.8) is 0 Å². The summed E-state index contributed by atoms with van der Waals surface area (Å²) in [6.07, 6.45) is 15.6. The van der Waals surface area contributed by atoms with E-state index in [9.17, 15) is 0 Å². The molecule has 12 heteroatoms. The zero-order valence-electron chi connectivity index (χ0n) is 36.4. The Labute approximate surface area is 359 Å². The number of rotatable bonds is 17. The van der Waals surface area contributed by atoms with Crippen LogP contribution in [0.2, 0.25) is 0 Å². The number of halogens is 1. The normalized spacial score (nSPS) is 18.5. The van der Waals surface area contributed by atoms with Gasteiger partial charge in [-0.25, -0.2) is 19.3 Å². The number of nitrogens with zero attached hydrogens (tertiary/aromatic N) is 7. The van der Waals surface area contributed by atoms with Crippen LogP contribution in [-0.2, 0) is 13.6 Å². The third-order valence-corrected chi connectivity index (χ3v) is 12.3. The summed E-state index contributed by atoms with van der Waals surface area (Å²) in [5.74, 6) is 2.87. The average molecular weight is 823 g/mol. The van der Waals surface area contributed by atoms with E-state index in [0.29, 0.717) is 47.3 Å². The predicted molar refractivity (Wildman–Crippen MR) is 243 cm³/mol. The summed E-state index contributed by atoms with van der Waals surface area (Å²) in [7, 11) is 3.97. The summed E-state index contributed by atoms with van der Waals surface area (Å²) >= 11 is 0. The van der Waals surface area contributed by atoms with Crippen LogP contribution in [-0.4, -0.2) is 70.4 Å². The number of fused-ring (bicyclic) bond motifs is 4. The van der Waals surface area contributed by atoms with E-state index >= 15 is 4.39 Å². The van der Waals surface area contributed by atoms with Gasteiger partial charge in [-0.05, 0) is 68.1 Å². The molecule has 5 aromatic rings. The van der Waals surface area contributed by atoms with E-state index in [-0.39, 0.29) is 17.9 Å². The molecule has 1 saturated heterocycles. The molecule has 0 aliphatic carbocycles. The second-order valence-electron chi connectivity index (χ2n) is 16.6. The highest BCUT2D eigenvalue weighted by atomic mass is 19.1. The monoisotopic (exact) mass is 822 g/mol. The fraction of sp³-hybridized carbons (Fsp3) is 0.367. The van der Waals surface area contributed by atoms with E-state index in [4.69, 9.17) is 19.7 Å². The van der Waals surface area contributed by atoms with E-state index in [0.717, 1.165) is 95.5 Å². The predicted octanol–water partition coefficient (Wildman–Crippen LogP) is 10.1. The fourth-order valence-corrected chi connectivity index (χ4v) is 9.04. The molecule has 11 nitrogen and oxygen atoms in total. The van der Waals surface area contributed by atoms with Gasteiger partial charge in [0, 0.05) is 55.3 Å². The molecule has 0 saturated carbocycles. The van der Waals surface area contributed by atoms with Gasteiger partial charge in [-0.1, -0.05) is 84.2 Å². The molecule has 2 aromatic carbocycles. The Balaban J connectivity index is 1.12. The molecular formula is C49H59FN10O. The number of hydrogen-bond acceptors (Lipinski definition) is 8. The minimum absolute atomic E-state index is 0.140. The Kier molecular flexibility index (Phi) is 11.9. The van der Waals surface area contributed by atoms with E-state index in [1.54, 1.807) is 12.3 Å². The SMILES string of the molecule is C=C/C(=C\C=C1/CC=C2c3c(F)cc(-c4cnc(CN(CCC)C(=C)C(NC)C(C)C)[nH]4)cc3OC(c3nc4ccccc4n3C)N21)c1cnc(C2CCN2C(=C)CCC)[nH]1. The maximum Gasteiger partial charge on any atom is 0.235 e. The number of benzene rings is 2. The number of aromatic amines is 2. The third kappa shape index (κ3) is 7.85. The van der Waals surface area contributed by atoms with Gasteiger partial charge in [-0.15, -0.1) is 0 Å². The standard InChI is InChI=1S/C49H59FN10O/c1-10-15-31(6)59-24-22-42(59)47-53-28-38(55-47)33(12-3)18-19-35-20-21-41-45-36(50)25-34(39-27-52-44(54-39)29-58(23-11-2)32(7)46(51-8)30(4)5)26-43(45)61-49(60(35)41)48-56-37-16-13-14-17-40(37)57(48)9/h12-14,16-19,21,25-28,30,42,46,49,51H,3,6-7,10-11,15,20,22-24,29H2,1-2,4-5,8-9H3,(H,52,54)(H,53,55)/b33-18+,35-19+. The minimum atomic E-state index is -0.674. The van der Waals surface area contributed by atoms with Gasteiger partial charge in [-0.2, -0.15) is 0 Å². The molecule has 3 aliphatic rings.